The lowest BCUT2D eigenvalue weighted by Crippen LogP contribution is -2.51. The van der Waals surface area contributed by atoms with Gasteiger partial charge in [-0.3, -0.25) is 9.59 Å². The summed E-state index contributed by atoms with van der Waals surface area (Å²) in [5.74, 6) is -1.11. The van der Waals surface area contributed by atoms with E-state index < -0.39 is 41.5 Å². The molecule has 0 aliphatic carbocycles. The van der Waals surface area contributed by atoms with Crippen LogP contribution in [-0.4, -0.2) is 33.2 Å². The lowest BCUT2D eigenvalue weighted by molar-refractivity contribution is -0.133. The lowest BCUT2D eigenvalue weighted by atomic mass is 9.77. The van der Waals surface area contributed by atoms with Gasteiger partial charge in [0.05, 0.1) is 23.3 Å². The van der Waals surface area contributed by atoms with Crippen molar-refractivity contribution in [2.24, 2.45) is 0 Å². The van der Waals surface area contributed by atoms with Gasteiger partial charge in [0.1, 0.15) is 6.42 Å². The molecule has 0 aliphatic heterocycles. The molecular formula is C55H50N2O4. The van der Waals surface area contributed by atoms with Crippen LogP contribution in [0.4, 0.5) is 0 Å². The van der Waals surface area contributed by atoms with Crippen LogP contribution in [0.1, 0.15) is 51.9 Å². The van der Waals surface area contributed by atoms with Gasteiger partial charge in [0.25, 0.3) is 0 Å². The van der Waals surface area contributed by atoms with Gasteiger partial charge in [-0.25, -0.2) is 0 Å². The highest BCUT2D eigenvalue weighted by Gasteiger charge is 2.42. The molecule has 6 heteroatoms. The van der Waals surface area contributed by atoms with Crippen LogP contribution in [0.2, 0.25) is 0 Å². The van der Waals surface area contributed by atoms with Crippen molar-refractivity contribution in [2.45, 2.75) is 55.4 Å². The summed E-state index contributed by atoms with van der Waals surface area (Å²) in [5.41, 5.74) is 2.09. The van der Waals surface area contributed by atoms with Crippen LogP contribution < -0.4 is 10.6 Å². The molecular weight excluding hydrogens is 753 g/mol. The number of amides is 2. The molecule has 8 aromatic carbocycles. The molecule has 0 saturated carbocycles. The van der Waals surface area contributed by atoms with Gasteiger partial charge in [-0.1, -0.05) is 206 Å². The molecule has 6 nitrogen and oxygen atoms in total. The molecule has 2 atom stereocenters. The van der Waals surface area contributed by atoms with Crippen LogP contribution >= 0.6 is 0 Å². The summed E-state index contributed by atoms with van der Waals surface area (Å²) in [6, 6.07) is 64.9. The molecule has 8 rings (SSSR count). The fourth-order valence-corrected chi connectivity index (χ4v) is 8.91. The highest BCUT2D eigenvalue weighted by atomic mass is 16.3. The topological polar surface area (TPSA) is 98.7 Å². The third-order valence-electron chi connectivity index (χ3n) is 11.7. The van der Waals surface area contributed by atoms with Crippen molar-refractivity contribution in [3.05, 3.63) is 240 Å². The van der Waals surface area contributed by atoms with Crippen molar-refractivity contribution in [2.75, 3.05) is 0 Å². The van der Waals surface area contributed by atoms with E-state index in [1.165, 1.54) is 0 Å². The van der Waals surface area contributed by atoms with E-state index in [1.807, 2.05) is 206 Å². The molecule has 0 unspecified atom stereocenters. The first kappa shape index (κ1) is 40.9. The van der Waals surface area contributed by atoms with Gasteiger partial charge >= 0.3 is 0 Å². The largest absolute Gasteiger partial charge is 0.387 e. The zero-order chi connectivity index (χ0) is 42.1. The number of hydrogen-bond acceptors (Lipinski definition) is 4. The normalized spacial score (nSPS) is 12.8. The molecule has 0 heterocycles. The van der Waals surface area contributed by atoms with Gasteiger partial charge in [0, 0.05) is 25.7 Å². The fraction of sp³-hybridized carbons (Fsp3) is 0.164. The van der Waals surface area contributed by atoms with Crippen LogP contribution in [-0.2, 0) is 35.3 Å². The highest BCUT2D eigenvalue weighted by Crippen LogP contribution is 2.38. The number of nitrogens with one attached hydrogen (secondary N) is 2. The Labute approximate surface area is 357 Å². The zero-order valence-corrected chi connectivity index (χ0v) is 34.0. The Morgan fingerprint density at radius 1 is 0.377 bits per heavy atom. The van der Waals surface area contributed by atoms with E-state index >= 15 is 0 Å². The number of fused-ring (bicyclic) bond motifs is 2. The molecule has 0 saturated heterocycles. The van der Waals surface area contributed by atoms with Gasteiger partial charge in [-0.2, -0.15) is 0 Å². The summed E-state index contributed by atoms with van der Waals surface area (Å²) in [5, 5.41) is 36.3. The number of rotatable bonds is 16. The van der Waals surface area contributed by atoms with Crippen molar-refractivity contribution < 1.29 is 19.8 Å². The summed E-state index contributed by atoms with van der Waals surface area (Å²) in [6.45, 7) is 0. The zero-order valence-electron chi connectivity index (χ0n) is 34.0. The van der Waals surface area contributed by atoms with Crippen LogP contribution in [0.15, 0.2) is 206 Å². The van der Waals surface area contributed by atoms with Crippen molar-refractivity contribution in [1.29, 1.82) is 0 Å². The SMILES string of the molecule is O=C(CC(=O)N[C@H](c1cccc2ccccc12)C(O)(Cc1ccccc1)Cc1ccccc1)N[C@H](c1cccc2ccccc12)C(O)(Cc1ccccc1)Cc1ccccc1. The van der Waals surface area contributed by atoms with Gasteiger partial charge < -0.3 is 20.8 Å². The summed E-state index contributed by atoms with van der Waals surface area (Å²) < 4.78 is 0. The Bertz CT molecular complexity index is 2420. The number of aliphatic hydroxyl groups is 2. The second-order valence-electron chi connectivity index (χ2n) is 16.2. The Hall–Kier alpha value is -6.86. The maximum absolute atomic E-state index is 14.5. The summed E-state index contributed by atoms with van der Waals surface area (Å²) in [7, 11) is 0. The minimum Gasteiger partial charge on any atom is -0.387 e. The molecule has 2 amide bonds. The van der Waals surface area contributed by atoms with E-state index in [0.29, 0.717) is 0 Å². The molecule has 0 radical (unpaired) electrons. The van der Waals surface area contributed by atoms with E-state index in [1.54, 1.807) is 0 Å². The monoisotopic (exact) mass is 802 g/mol. The molecule has 8 aromatic rings. The maximum Gasteiger partial charge on any atom is 0.230 e. The Kier molecular flexibility index (Phi) is 12.5. The van der Waals surface area contributed by atoms with Gasteiger partial charge in [-0.05, 0) is 54.9 Å². The molecule has 0 aromatic heterocycles. The average molecular weight is 803 g/mol. The predicted molar refractivity (Wildman–Crippen MR) is 245 cm³/mol. The Morgan fingerprint density at radius 2 is 0.656 bits per heavy atom. The number of benzene rings is 8. The molecule has 61 heavy (non-hydrogen) atoms. The van der Waals surface area contributed by atoms with Crippen LogP contribution in [0.25, 0.3) is 21.5 Å². The summed E-state index contributed by atoms with van der Waals surface area (Å²) in [4.78, 5) is 29.1. The molecule has 0 fully saturated rings. The quantitative estimate of drug-likeness (QED) is 0.0732. The number of carbonyl (C=O) groups is 2. The third kappa shape index (κ3) is 9.79. The van der Waals surface area contributed by atoms with E-state index in [9.17, 15) is 19.8 Å². The van der Waals surface area contributed by atoms with Crippen LogP contribution in [0.3, 0.4) is 0 Å². The number of hydrogen-bond donors (Lipinski definition) is 4. The second kappa shape index (κ2) is 18.6. The minimum atomic E-state index is -1.52. The number of carbonyl (C=O) groups excluding carboxylic acids is 2. The first-order valence-corrected chi connectivity index (χ1v) is 20.9. The summed E-state index contributed by atoms with van der Waals surface area (Å²) >= 11 is 0. The molecule has 304 valence electrons. The Morgan fingerprint density at radius 3 is 0.984 bits per heavy atom. The standard InChI is InChI=1S/C55H50N2O4/c58-50(56-52(48-33-17-29-44-27-13-15-31-46(44)48)54(60,36-40-19-5-1-6-20-40)37-41-21-7-2-8-22-41)35-51(59)57-53(49-34-18-30-45-28-14-16-32-47(45)49)55(61,38-42-23-9-3-10-24-42)39-43-25-11-4-12-26-43/h1-34,52-53,60-61H,35-39H2,(H,56,58)(H,57,59)/t52-,53-/m1/s1. The third-order valence-corrected chi connectivity index (χ3v) is 11.7. The van der Waals surface area contributed by atoms with Gasteiger partial charge in [0.15, 0.2) is 0 Å². The molecule has 0 bridgehead atoms. The van der Waals surface area contributed by atoms with Gasteiger partial charge in [-0.15, -0.1) is 0 Å². The first-order valence-electron chi connectivity index (χ1n) is 20.9. The van der Waals surface area contributed by atoms with E-state index in [-0.39, 0.29) is 25.7 Å². The predicted octanol–water partition coefficient (Wildman–Crippen LogP) is 9.83. The van der Waals surface area contributed by atoms with Gasteiger partial charge in [0.2, 0.25) is 11.8 Å². The highest BCUT2D eigenvalue weighted by molar-refractivity contribution is 5.98. The Balaban J connectivity index is 1.17. The fourth-order valence-electron chi connectivity index (χ4n) is 8.91. The lowest BCUT2D eigenvalue weighted by Gasteiger charge is -2.39. The average Bonchev–Trinajstić information content (AvgIpc) is 3.28. The van der Waals surface area contributed by atoms with Crippen molar-refractivity contribution in [3.8, 4) is 0 Å². The smallest absolute Gasteiger partial charge is 0.230 e. The van der Waals surface area contributed by atoms with E-state index in [4.69, 9.17) is 0 Å². The molecule has 0 aliphatic rings. The molecule has 0 spiro atoms. The van der Waals surface area contributed by atoms with Crippen LogP contribution in [0.5, 0.6) is 0 Å². The van der Waals surface area contributed by atoms with Crippen molar-refractivity contribution >= 4 is 33.4 Å². The second-order valence-corrected chi connectivity index (χ2v) is 16.2. The first-order chi connectivity index (χ1) is 29.8. The minimum absolute atomic E-state index is 0.234. The van der Waals surface area contributed by atoms with E-state index in [2.05, 4.69) is 10.6 Å². The maximum atomic E-state index is 14.5. The van der Waals surface area contributed by atoms with Crippen molar-refractivity contribution in [1.82, 2.24) is 10.6 Å². The summed E-state index contributed by atoms with van der Waals surface area (Å²) in [6.07, 6.45) is 0.398. The van der Waals surface area contributed by atoms with Crippen molar-refractivity contribution in [3.63, 3.8) is 0 Å². The van der Waals surface area contributed by atoms with Crippen LogP contribution in [0, 0.1) is 0 Å². The van der Waals surface area contributed by atoms with E-state index in [0.717, 1.165) is 54.9 Å². The molecule has 4 N–H and O–H groups in total.